The third kappa shape index (κ3) is 4.70. The van der Waals surface area contributed by atoms with Crippen LogP contribution in [0.25, 0.3) is 0 Å². The Bertz CT molecular complexity index is 957. The fourth-order valence-electron chi connectivity index (χ4n) is 3.72. The average molecular weight is 408 g/mol. The number of amides is 4. The predicted molar refractivity (Wildman–Crippen MR) is 116 cm³/mol. The van der Waals surface area contributed by atoms with Gasteiger partial charge in [-0.05, 0) is 50.3 Å². The third-order valence-electron chi connectivity index (χ3n) is 5.73. The number of carbonyl (C=O) groups excluding carboxylic acids is 3. The van der Waals surface area contributed by atoms with Crippen LogP contribution in [0.5, 0.6) is 0 Å². The van der Waals surface area contributed by atoms with E-state index in [9.17, 15) is 14.4 Å². The average Bonchev–Trinajstić information content (AvgIpc) is 2.92. The molecule has 4 amide bonds. The fourth-order valence-corrected chi connectivity index (χ4v) is 3.72. The topological polar surface area (TPSA) is 69.7 Å². The van der Waals surface area contributed by atoms with Crippen molar-refractivity contribution in [1.82, 2.24) is 15.1 Å². The molecule has 0 saturated carbocycles. The molecule has 0 radical (unpaired) electrons. The molecule has 1 aliphatic heterocycles. The van der Waals surface area contributed by atoms with E-state index in [1.807, 2.05) is 56.3 Å². The van der Waals surface area contributed by atoms with Gasteiger partial charge >= 0.3 is 6.03 Å². The fraction of sp³-hybridized carbons (Fsp3) is 0.375. The molecule has 1 fully saturated rings. The number of carbonyl (C=O) groups is 3. The van der Waals surface area contributed by atoms with Crippen molar-refractivity contribution in [2.45, 2.75) is 45.7 Å². The number of nitrogens with zero attached hydrogens (tertiary/aromatic N) is 2. The van der Waals surface area contributed by atoms with Crippen LogP contribution in [0.4, 0.5) is 4.79 Å². The molecule has 2 aromatic carbocycles. The summed E-state index contributed by atoms with van der Waals surface area (Å²) in [6.07, 6.45) is 1.14. The molecule has 1 saturated heterocycles. The number of rotatable bonds is 7. The van der Waals surface area contributed by atoms with Gasteiger partial charge in [0.2, 0.25) is 5.91 Å². The van der Waals surface area contributed by atoms with Gasteiger partial charge in [0.15, 0.2) is 0 Å². The number of hydrogen-bond acceptors (Lipinski definition) is 3. The lowest BCUT2D eigenvalue weighted by Crippen LogP contribution is -2.45. The molecule has 0 aliphatic carbocycles. The highest BCUT2D eigenvalue weighted by atomic mass is 16.2. The number of urea groups is 1. The van der Waals surface area contributed by atoms with E-state index >= 15 is 0 Å². The van der Waals surface area contributed by atoms with Crippen LogP contribution >= 0.6 is 0 Å². The Morgan fingerprint density at radius 1 is 1.10 bits per heavy atom. The van der Waals surface area contributed by atoms with Crippen LogP contribution < -0.4 is 5.32 Å². The molecule has 0 bridgehead atoms. The summed E-state index contributed by atoms with van der Waals surface area (Å²) in [6, 6.07) is 15.4. The minimum absolute atomic E-state index is 0.257. The minimum atomic E-state index is -1.00. The quantitative estimate of drug-likeness (QED) is 0.717. The first kappa shape index (κ1) is 21.6. The molecule has 0 unspecified atom stereocenters. The number of nitrogens with one attached hydrogen (secondary N) is 1. The summed E-state index contributed by atoms with van der Waals surface area (Å²) >= 11 is 0. The minimum Gasteiger partial charge on any atom is -0.340 e. The first-order valence-corrected chi connectivity index (χ1v) is 10.2. The van der Waals surface area contributed by atoms with Crippen molar-refractivity contribution in [2.75, 3.05) is 13.6 Å². The third-order valence-corrected chi connectivity index (χ3v) is 5.73. The zero-order valence-electron chi connectivity index (χ0n) is 18.1. The summed E-state index contributed by atoms with van der Waals surface area (Å²) < 4.78 is 0. The molecule has 1 N–H and O–H groups in total. The normalized spacial score (nSPS) is 18.5. The molecule has 6 heteroatoms. The van der Waals surface area contributed by atoms with Crippen LogP contribution in [-0.4, -0.2) is 46.8 Å². The Hall–Kier alpha value is -3.15. The number of imide groups is 1. The van der Waals surface area contributed by atoms with Crippen molar-refractivity contribution in [3.8, 4) is 0 Å². The largest absolute Gasteiger partial charge is 0.340 e. The van der Waals surface area contributed by atoms with Crippen molar-refractivity contribution >= 4 is 17.8 Å². The summed E-state index contributed by atoms with van der Waals surface area (Å²) in [5.41, 5.74) is 3.42. The first-order chi connectivity index (χ1) is 14.2. The Balaban J connectivity index is 1.62. The van der Waals surface area contributed by atoms with Gasteiger partial charge in [-0.3, -0.25) is 14.5 Å². The van der Waals surface area contributed by atoms with E-state index in [1.54, 1.807) is 18.9 Å². The maximum Gasteiger partial charge on any atom is 0.325 e. The van der Waals surface area contributed by atoms with Crippen molar-refractivity contribution < 1.29 is 14.4 Å². The summed E-state index contributed by atoms with van der Waals surface area (Å²) in [5, 5.41) is 2.78. The van der Waals surface area contributed by atoms with E-state index in [0.717, 1.165) is 21.6 Å². The molecule has 1 atom stereocenters. The highest BCUT2D eigenvalue weighted by molar-refractivity contribution is 6.08. The van der Waals surface area contributed by atoms with Crippen LogP contribution in [0.15, 0.2) is 48.5 Å². The Kier molecular flexibility index (Phi) is 6.25. The maximum absolute atomic E-state index is 12.9. The highest BCUT2D eigenvalue weighted by Gasteiger charge is 2.48. The van der Waals surface area contributed by atoms with Crippen LogP contribution in [0.2, 0.25) is 0 Å². The molecule has 2 aromatic rings. The van der Waals surface area contributed by atoms with E-state index in [0.29, 0.717) is 19.4 Å². The molecule has 0 aromatic heterocycles. The predicted octanol–water partition coefficient (Wildman–Crippen LogP) is 3.21. The van der Waals surface area contributed by atoms with Gasteiger partial charge in [0, 0.05) is 13.6 Å². The first-order valence-electron chi connectivity index (χ1n) is 10.2. The van der Waals surface area contributed by atoms with Crippen molar-refractivity contribution in [2.24, 2.45) is 0 Å². The van der Waals surface area contributed by atoms with E-state index < -0.39 is 11.6 Å². The second kappa shape index (κ2) is 8.69. The lowest BCUT2D eigenvalue weighted by Gasteiger charge is -2.23. The van der Waals surface area contributed by atoms with E-state index in [-0.39, 0.29) is 18.4 Å². The van der Waals surface area contributed by atoms with Gasteiger partial charge < -0.3 is 10.2 Å². The van der Waals surface area contributed by atoms with Crippen molar-refractivity contribution in [1.29, 1.82) is 0 Å². The van der Waals surface area contributed by atoms with Crippen molar-refractivity contribution in [3.63, 3.8) is 0 Å². The molecule has 1 heterocycles. The van der Waals surface area contributed by atoms with Gasteiger partial charge in [-0.15, -0.1) is 0 Å². The van der Waals surface area contributed by atoms with Gasteiger partial charge in [-0.25, -0.2) is 4.79 Å². The zero-order chi connectivity index (χ0) is 21.9. The van der Waals surface area contributed by atoms with Gasteiger partial charge in [-0.1, -0.05) is 54.1 Å². The monoisotopic (exact) mass is 407 g/mol. The van der Waals surface area contributed by atoms with Crippen LogP contribution in [0, 0.1) is 13.8 Å². The van der Waals surface area contributed by atoms with E-state index in [4.69, 9.17) is 0 Å². The zero-order valence-corrected chi connectivity index (χ0v) is 18.1. The Morgan fingerprint density at radius 2 is 1.80 bits per heavy atom. The van der Waals surface area contributed by atoms with E-state index in [2.05, 4.69) is 11.4 Å². The van der Waals surface area contributed by atoms with Gasteiger partial charge in [-0.2, -0.15) is 0 Å². The molecule has 0 spiro atoms. The van der Waals surface area contributed by atoms with Gasteiger partial charge in [0.05, 0.1) is 0 Å². The Labute approximate surface area is 177 Å². The highest BCUT2D eigenvalue weighted by Crippen LogP contribution is 2.23. The number of hydrogen-bond donors (Lipinski definition) is 1. The molecular formula is C24H29N3O3. The molecule has 30 heavy (non-hydrogen) atoms. The SMILES string of the molecule is Cc1ccc(CN(C)C(=O)CN2C(=O)N[C@@](C)(CCc3ccccc3)C2=O)c(C)c1. The lowest BCUT2D eigenvalue weighted by molar-refractivity contribution is -0.138. The number of aryl methyl sites for hydroxylation is 3. The number of benzene rings is 2. The summed E-state index contributed by atoms with van der Waals surface area (Å²) in [6.45, 7) is 5.93. The summed E-state index contributed by atoms with van der Waals surface area (Å²) in [4.78, 5) is 40.7. The lowest BCUT2D eigenvalue weighted by atomic mass is 9.93. The molecule has 6 nitrogen and oxygen atoms in total. The molecule has 1 aliphatic rings. The van der Waals surface area contributed by atoms with Gasteiger partial charge in [0.1, 0.15) is 12.1 Å². The number of likely N-dealkylation sites (N-methyl/N-ethyl adjacent to an activating group) is 1. The molecule has 158 valence electrons. The summed E-state index contributed by atoms with van der Waals surface area (Å²) in [5.74, 6) is -0.623. The van der Waals surface area contributed by atoms with Crippen LogP contribution in [0.1, 0.15) is 35.6 Å². The van der Waals surface area contributed by atoms with Crippen LogP contribution in [-0.2, 0) is 22.6 Å². The summed E-state index contributed by atoms with van der Waals surface area (Å²) in [7, 11) is 1.69. The van der Waals surface area contributed by atoms with Crippen LogP contribution in [0.3, 0.4) is 0 Å². The second-order valence-electron chi connectivity index (χ2n) is 8.32. The molecule has 3 rings (SSSR count). The van der Waals surface area contributed by atoms with E-state index in [1.165, 1.54) is 5.56 Å². The van der Waals surface area contributed by atoms with Gasteiger partial charge in [0.25, 0.3) is 5.91 Å². The smallest absolute Gasteiger partial charge is 0.325 e. The van der Waals surface area contributed by atoms with Crippen molar-refractivity contribution in [3.05, 3.63) is 70.8 Å². The standard InChI is InChI=1S/C24H29N3O3/c1-17-10-11-20(18(2)14-17)15-26(4)21(28)16-27-22(29)24(3,25-23(27)30)13-12-19-8-6-5-7-9-19/h5-11,14H,12-13,15-16H2,1-4H3,(H,25,30)/t24-/m0/s1. The second-order valence-corrected chi connectivity index (χ2v) is 8.32. The Morgan fingerprint density at radius 3 is 2.47 bits per heavy atom. The molecular weight excluding hydrogens is 378 g/mol. The maximum atomic E-state index is 12.9.